The molecule has 1 aromatic carbocycles. The van der Waals surface area contributed by atoms with Crippen molar-refractivity contribution in [1.29, 1.82) is 0 Å². The lowest BCUT2D eigenvalue weighted by molar-refractivity contribution is 0.302. The molecule has 1 aliphatic heterocycles. The number of nitrogens with one attached hydrogen (secondary N) is 1. The van der Waals surface area contributed by atoms with E-state index in [1.54, 1.807) is 0 Å². The number of allylic oxidation sites excluding steroid dienone is 5. The van der Waals surface area contributed by atoms with Gasteiger partial charge in [-0.3, -0.25) is 0 Å². The van der Waals surface area contributed by atoms with Crippen LogP contribution >= 0.6 is 0 Å². The summed E-state index contributed by atoms with van der Waals surface area (Å²) in [6.07, 6.45) is 19.6. The molecule has 3 rings (SSSR count). The highest BCUT2D eigenvalue weighted by atomic mass is 15.1. The zero-order valence-corrected chi connectivity index (χ0v) is 22.9. The van der Waals surface area contributed by atoms with E-state index in [1.165, 1.54) is 98.2 Å². The van der Waals surface area contributed by atoms with Gasteiger partial charge in [0.05, 0.1) is 0 Å². The number of aryl methyl sites for hydroxylation is 1. The fourth-order valence-electron chi connectivity index (χ4n) is 6.04. The van der Waals surface area contributed by atoms with Gasteiger partial charge in [-0.15, -0.1) is 6.58 Å². The number of hydrogen-bond donors (Lipinski definition) is 1. The lowest BCUT2D eigenvalue weighted by Gasteiger charge is -2.34. The molecule has 3 heteroatoms. The van der Waals surface area contributed by atoms with Crippen molar-refractivity contribution in [2.24, 2.45) is 5.92 Å². The summed E-state index contributed by atoms with van der Waals surface area (Å²) < 4.78 is 0. The van der Waals surface area contributed by atoms with Crippen LogP contribution in [0.2, 0.25) is 0 Å². The predicted octanol–water partition coefficient (Wildman–Crippen LogP) is 7.72. The van der Waals surface area contributed by atoms with Crippen molar-refractivity contribution >= 4 is 11.4 Å². The first-order valence-electron chi connectivity index (χ1n) is 13.9. The number of nitrogens with zero attached hydrogens (tertiary/aromatic N) is 2. The van der Waals surface area contributed by atoms with Crippen molar-refractivity contribution in [3.63, 3.8) is 0 Å². The van der Waals surface area contributed by atoms with E-state index in [1.807, 2.05) is 12.2 Å². The van der Waals surface area contributed by atoms with Gasteiger partial charge in [-0.25, -0.2) is 0 Å². The van der Waals surface area contributed by atoms with Crippen LogP contribution in [-0.2, 0) is 6.42 Å². The Balaban J connectivity index is 1.69. The molecule has 1 saturated heterocycles. The summed E-state index contributed by atoms with van der Waals surface area (Å²) in [7, 11) is 2.22. The summed E-state index contributed by atoms with van der Waals surface area (Å²) in [5.74, 6) is 0.760. The molecule has 35 heavy (non-hydrogen) atoms. The molecule has 0 aromatic heterocycles. The normalized spacial score (nSPS) is 21.5. The minimum Gasteiger partial charge on any atom is -0.386 e. The molecule has 0 atom stereocenters. The van der Waals surface area contributed by atoms with Gasteiger partial charge in [-0.2, -0.15) is 0 Å². The lowest BCUT2D eigenvalue weighted by Crippen LogP contribution is -2.33. The number of rotatable bonds is 11. The summed E-state index contributed by atoms with van der Waals surface area (Å²) in [6, 6.07) is 5.53. The Labute approximate surface area is 215 Å². The average Bonchev–Trinajstić information content (AvgIpc) is 2.85. The predicted molar refractivity (Wildman–Crippen MR) is 156 cm³/mol. The highest BCUT2D eigenvalue weighted by molar-refractivity contribution is 5.67. The van der Waals surface area contributed by atoms with Gasteiger partial charge in [0.15, 0.2) is 0 Å². The summed E-state index contributed by atoms with van der Waals surface area (Å²) in [5, 5.41) is 3.79. The van der Waals surface area contributed by atoms with Crippen LogP contribution in [0, 0.1) is 12.8 Å². The molecule has 1 heterocycles. The number of hydrogen-bond acceptors (Lipinski definition) is 3. The van der Waals surface area contributed by atoms with Gasteiger partial charge in [-0.05, 0) is 112 Å². The van der Waals surface area contributed by atoms with E-state index < -0.39 is 0 Å². The maximum Gasteiger partial charge on any atom is 0.0430 e. The zero-order valence-electron chi connectivity index (χ0n) is 22.9. The van der Waals surface area contributed by atoms with Gasteiger partial charge in [0.1, 0.15) is 0 Å². The molecule has 0 spiro atoms. The first kappa shape index (κ1) is 27.2. The molecule has 1 aromatic rings. The maximum absolute atomic E-state index is 3.99. The standard InChI is InChI=1S/C32H49N3/c1-7-13-27(9-3)22-26(5)33-30-16-14-28(15-17-30)23-29-24-31(35-19-11-10-12-20-35)21-25(4)32(29)34(6)18-8-2/h7-8,13,21-22,24,28,30,33H,1-2,9-12,14-20,23H2,3-6H3/b26-22+,27-13-. The van der Waals surface area contributed by atoms with Crippen LogP contribution in [0.25, 0.3) is 0 Å². The summed E-state index contributed by atoms with van der Waals surface area (Å²) in [4.78, 5) is 5.00. The average molecular weight is 476 g/mol. The first-order chi connectivity index (χ1) is 16.9. The summed E-state index contributed by atoms with van der Waals surface area (Å²) >= 11 is 0. The van der Waals surface area contributed by atoms with E-state index in [0.717, 1.165) is 18.9 Å². The number of piperidine rings is 1. The van der Waals surface area contributed by atoms with Crippen LogP contribution in [0.5, 0.6) is 0 Å². The molecule has 2 fully saturated rings. The minimum atomic E-state index is 0.591. The van der Waals surface area contributed by atoms with Gasteiger partial charge >= 0.3 is 0 Å². The molecule has 0 unspecified atom stereocenters. The van der Waals surface area contributed by atoms with E-state index in [0.29, 0.717) is 6.04 Å². The third-order valence-corrected chi connectivity index (χ3v) is 7.80. The van der Waals surface area contributed by atoms with E-state index in [9.17, 15) is 0 Å². The van der Waals surface area contributed by atoms with Crippen molar-refractivity contribution < 1.29 is 0 Å². The van der Waals surface area contributed by atoms with E-state index >= 15 is 0 Å². The number of benzene rings is 1. The fourth-order valence-corrected chi connectivity index (χ4v) is 6.04. The topological polar surface area (TPSA) is 18.5 Å². The Morgan fingerprint density at radius 3 is 2.46 bits per heavy atom. The highest BCUT2D eigenvalue weighted by Gasteiger charge is 2.24. The van der Waals surface area contributed by atoms with Crippen molar-refractivity contribution in [2.45, 2.75) is 84.6 Å². The van der Waals surface area contributed by atoms with Gasteiger partial charge in [0, 0.05) is 49.8 Å². The number of likely N-dealkylation sites (N-methyl/N-ethyl adjacent to an activating group) is 1. The van der Waals surface area contributed by atoms with Crippen LogP contribution in [0.1, 0.15) is 76.3 Å². The Morgan fingerprint density at radius 2 is 1.83 bits per heavy atom. The smallest absolute Gasteiger partial charge is 0.0430 e. The van der Waals surface area contributed by atoms with Gasteiger partial charge in [0.2, 0.25) is 0 Å². The minimum absolute atomic E-state index is 0.591. The summed E-state index contributed by atoms with van der Waals surface area (Å²) in [6.45, 7) is 17.8. The van der Waals surface area contributed by atoms with E-state index in [2.05, 4.69) is 80.4 Å². The molecule has 0 radical (unpaired) electrons. The third kappa shape index (κ3) is 7.78. The Morgan fingerprint density at radius 1 is 1.11 bits per heavy atom. The molecule has 1 saturated carbocycles. The van der Waals surface area contributed by atoms with Crippen LogP contribution in [0.3, 0.4) is 0 Å². The maximum atomic E-state index is 3.99. The molecular weight excluding hydrogens is 426 g/mol. The van der Waals surface area contributed by atoms with Gasteiger partial charge in [-0.1, -0.05) is 31.7 Å². The molecule has 1 aliphatic carbocycles. The second-order valence-electron chi connectivity index (χ2n) is 10.7. The fraction of sp³-hybridized carbons (Fsp3) is 0.562. The Hall–Kier alpha value is -2.42. The van der Waals surface area contributed by atoms with Crippen LogP contribution < -0.4 is 15.1 Å². The molecule has 0 bridgehead atoms. The van der Waals surface area contributed by atoms with Gasteiger partial charge < -0.3 is 15.1 Å². The SMILES string of the molecule is C=C/C=C(\C=C(/C)NC1CCC(Cc2cc(N3CCCCC3)cc(C)c2N(C)CC=C)CC1)CC. The van der Waals surface area contributed by atoms with Crippen LogP contribution in [-0.4, -0.2) is 32.7 Å². The van der Waals surface area contributed by atoms with E-state index in [4.69, 9.17) is 0 Å². The van der Waals surface area contributed by atoms with Crippen LogP contribution in [0.15, 0.2) is 60.9 Å². The molecular formula is C32H49N3. The zero-order chi connectivity index (χ0) is 25.2. The van der Waals surface area contributed by atoms with Crippen LogP contribution in [0.4, 0.5) is 11.4 Å². The monoisotopic (exact) mass is 475 g/mol. The number of anilines is 2. The first-order valence-corrected chi connectivity index (χ1v) is 13.9. The lowest BCUT2D eigenvalue weighted by atomic mass is 9.81. The molecule has 3 nitrogen and oxygen atoms in total. The van der Waals surface area contributed by atoms with Crippen molar-refractivity contribution in [3.05, 3.63) is 72.0 Å². The molecule has 2 aliphatic rings. The third-order valence-electron chi connectivity index (χ3n) is 7.80. The molecule has 192 valence electrons. The largest absolute Gasteiger partial charge is 0.386 e. The second kappa shape index (κ2) is 13.6. The molecule has 0 amide bonds. The van der Waals surface area contributed by atoms with Crippen molar-refractivity contribution in [2.75, 3.05) is 36.5 Å². The molecule has 1 N–H and O–H groups in total. The van der Waals surface area contributed by atoms with Gasteiger partial charge in [0.25, 0.3) is 0 Å². The Bertz CT molecular complexity index is 896. The highest BCUT2D eigenvalue weighted by Crippen LogP contribution is 2.36. The Kier molecular flexibility index (Phi) is 10.6. The van der Waals surface area contributed by atoms with Crippen molar-refractivity contribution in [1.82, 2.24) is 5.32 Å². The van der Waals surface area contributed by atoms with Crippen molar-refractivity contribution in [3.8, 4) is 0 Å². The van der Waals surface area contributed by atoms with E-state index in [-0.39, 0.29) is 0 Å². The second-order valence-corrected chi connectivity index (χ2v) is 10.7. The summed E-state index contributed by atoms with van der Waals surface area (Å²) in [5.41, 5.74) is 8.40. The quantitative estimate of drug-likeness (QED) is 0.261.